The van der Waals surface area contributed by atoms with E-state index in [-0.39, 0.29) is 18.9 Å². The first-order chi connectivity index (χ1) is 8.50. The molecule has 0 bridgehead atoms. The molecule has 1 heterocycles. The maximum atomic E-state index is 12.2. The zero-order chi connectivity index (χ0) is 13.3. The van der Waals surface area contributed by atoms with E-state index in [0.717, 1.165) is 18.5 Å². The first-order valence-corrected chi connectivity index (χ1v) is 6.00. The Labute approximate surface area is 105 Å². The number of carbonyl (C=O) groups excluding carboxylic acids is 1. The second kappa shape index (κ2) is 4.80. The summed E-state index contributed by atoms with van der Waals surface area (Å²) >= 11 is 0. The predicted molar refractivity (Wildman–Crippen MR) is 64.4 cm³/mol. The molecule has 1 aliphatic carbocycles. The zero-order valence-electron chi connectivity index (χ0n) is 10.6. The number of hydrogen-bond donors (Lipinski definition) is 1. The lowest BCUT2D eigenvalue weighted by molar-refractivity contribution is -0.137. The lowest BCUT2D eigenvalue weighted by atomic mass is 10.1. The van der Waals surface area contributed by atoms with Crippen LogP contribution in [-0.2, 0) is 11.8 Å². The normalized spacial score (nSPS) is 14.6. The highest BCUT2D eigenvalue weighted by Crippen LogP contribution is 2.41. The van der Waals surface area contributed by atoms with Gasteiger partial charge in [0.15, 0.2) is 0 Å². The van der Waals surface area contributed by atoms with Gasteiger partial charge in [0.25, 0.3) is 5.91 Å². The molecule has 1 aliphatic rings. The van der Waals surface area contributed by atoms with E-state index in [1.807, 2.05) is 7.05 Å². The molecule has 0 aromatic carbocycles. The van der Waals surface area contributed by atoms with Gasteiger partial charge < -0.3 is 10.0 Å². The van der Waals surface area contributed by atoms with Crippen LogP contribution in [0.15, 0.2) is 6.20 Å². The molecule has 1 fully saturated rings. The second-order valence-corrected chi connectivity index (χ2v) is 4.71. The molecule has 0 atom stereocenters. The summed E-state index contributed by atoms with van der Waals surface area (Å²) in [5.41, 5.74) is 1.58. The van der Waals surface area contributed by atoms with Crippen molar-refractivity contribution in [2.24, 2.45) is 7.05 Å². The maximum absolute atomic E-state index is 12.2. The summed E-state index contributed by atoms with van der Waals surface area (Å²) in [6, 6.07) is 0. The van der Waals surface area contributed by atoms with Gasteiger partial charge >= 0.3 is 5.97 Å². The SMILES string of the molecule is CN(CCC(=O)O)C(=O)c1cnn(C)c1C1CC1. The molecular weight excluding hydrogens is 234 g/mol. The molecule has 1 aromatic rings. The molecule has 1 N–H and O–H groups in total. The highest BCUT2D eigenvalue weighted by Gasteiger charge is 2.32. The summed E-state index contributed by atoms with van der Waals surface area (Å²) in [5.74, 6) is -0.612. The molecule has 18 heavy (non-hydrogen) atoms. The molecule has 6 nitrogen and oxygen atoms in total. The van der Waals surface area contributed by atoms with Crippen LogP contribution < -0.4 is 0 Å². The third-order valence-corrected chi connectivity index (χ3v) is 3.19. The quantitative estimate of drug-likeness (QED) is 0.841. The smallest absolute Gasteiger partial charge is 0.305 e. The van der Waals surface area contributed by atoms with Crippen molar-refractivity contribution in [2.75, 3.05) is 13.6 Å². The summed E-state index contributed by atoms with van der Waals surface area (Å²) in [5, 5.41) is 12.7. The first-order valence-electron chi connectivity index (χ1n) is 6.00. The van der Waals surface area contributed by atoms with Crippen LogP contribution >= 0.6 is 0 Å². The second-order valence-electron chi connectivity index (χ2n) is 4.71. The summed E-state index contributed by atoms with van der Waals surface area (Å²) in [6.07, 6.45) is 3.73. The average Bonchev–Trinajstić information content (AvgIpc) is 3.08. The molecule has 0 saturated heterocycles. The van der Waals surface area contributed by atoms with Gasteiger partial charge in [0.05, 0.1) is 23.9 Å². The fourth-order valence-electron chi connectivity index (χ4n) is 2.02. The highest BCUT2D eigenvalue weighted by atomic mass is 16.4. The molecule has 0 unspecified atom stereocenters. The molecule has 1 amide bonds. The van der Waals surface area contributed by atoms with Crippen LogP contribution in [-0.4, -0.2) is 45.3 Å². The van der Waals surface area contributed by atoms with E-state index >= 15 is 0 Å². The van der Waals surface area contributed by atoms with Crippen LogP contribution in [0.1, 0.15) is 41.2 Å². The average molecular weight is 251 g/mol. The van der Waals surface area contributed by atoms with Crippen LogP contribution in [0.25, 0.3) is 0 Å². The van der Waals surface area contributed by atoms with Gasteiger partial charge in [-0.15, -0.1) is 0 Å². The van der Waals surface area contributed by atoms with E-state index in [2.05, 4.69) is 5.10 Å². The van der Waals surface area contributed by atoms with Gasteiger partial charge in [-0.2, -0.15) is 5.10 Å². The van der Waals surface area contributed by atoms with Crippen LogP contribution in [0.2, 0.25) is 0 Å². The minimum atomic E-state index is -0.900. The Balaban J connectivity index is 2.10. The van der Waals surface area contributed by atoms with Crippen LogP contribution in [0.4, 0.5) is 0 Å². The van der Waals surface area contributed by atoms with Gasteiger partial charge in [-0.05, 0) is 12.8 Å². The first kappa shape index (κ1) is 12.6. The summed E-state index contributed by atoms with van der Waals surface area (Å²) < 4.78 is 1.75. The fourth-order valence-corrected chi connectivity index (χ4v) is 2.02. The fraction of sp³-hybridized carbons (Fsp3) is 0.583. The van der Waals surface area contributed by atoms with Crippen molar-refractivity contribution in [3.05, 3.63) is 17.5 Å². The number of amides is 1. The van der Waals surface area contributed by atoms with Crippen LogP contribution in [0.5, 0.6) is 0 Å². The number of carboxylic acid groups (broad SMARTS) is 1. The molecular formula is C12H17N3O3. The van der Waals surface area contributed by atoms with E-state index in [1.54, 1.807) is 17.9 Å². The number of hydrogen-bond acceptors (Lipinski definition) is 3. The van der Waals surface area contributed by atoms with Gasteiger partial charge in [-0.3, -0.25) is 14.3 Å². The van der Waals surface area contributed by atoms with Crippen molar-refractivity contribution in [3.63, 3.8) is 0 Å². The number of rotatable bonds is 5. The minimum absolute atomic E-state index is 0.0404. The maximum Gasteiger partial charge on any atom is 0.305 e. The van der Waals surface area contributed by atoms with Gasteiger partial charge in [-0.25, -0.2) is 0 Å². The molecule has 0 aliphatic heterocycles. The van der Waals surface area contributed by atoms with E-state index in [9.17, 15) is 9.59 Å². The number of carboxylic acids is 1. The van der Waals surface area contributed by atoms with Crippen molar-refractivity contribution in [1.82, 2.24) is 14.7 Å². The van der Waals surface area contributed by atoms with E-state index in [1.165, 1.54) is 4.90 Å². The lowest BCUT2D eigenvalue weighted by Gasteiger charge is -2.16. The summed E-state index contributed by atoms with van der Waals surface area (Å²) in [6.45, 7) is 0.215. The van der Waals surface area contributed by atoms with Gasteiger partial charge in [0.1, 0.15) is 0 Å². The largest absolute Gasteiger partial charge is 0.481 e. The van der Waals surface area contributed by atoms with Gasteiger partial charge in [0, 0.05) is 26.6 Å². The van der Waals surface area contributed by atoms with E-state index in [4.69, 9.17) is 5.11 Å². The van der Waals surface area contributed by atoms with E-state index < -0.39 is 5.97 Å². The highest BCUT2D eigenvalue weighted by molar-refractivity contribution is 5.95. The Hall–Kier alpha value is -1.85. The number of aryl methyl sites for hydroxylation is 1. The van der Waals surface area contributed by atoms with E-state index in [0.29, 0.717) is 11.5 Å². The van der Waals surface area contributed by atoms with Crippen LogP contribution in [0, 0.1) is 0 Å². The minimum Gasteiger partial charge on any atom is -0.481 e. The van der Waals surface area contributed by atoms with Gasteiger partial charge in [0.2, 0.25) is 0 Å². The van der Waals surface area contributed by atoms with Crippen molar-refractivity contribution in [1.29, 1.82) is 0 Å². The monoisotopic (exact) mass is 251 g/mol. The van der Waals surface area contributed by atoms with Crippen molar-refractivity contribution in [2.45, 2.75) is 25.2 Å². The standard InChI is InChI=1S/C12H17N3O3/c1-14(6-5-10(16)17)12(18)9-7-13-15(2)11(9)8-3-4-8/h7-8H,3-6H2,1-2H3,(H,16,17). The zero-order valence-corrected chi connectivity index (χ0v) is 10.6. The summed E-state index contributed by atoms with van der Waals surface area (Å²) in [7, 11) is 3.45. The van der Waals surface area contributed by atoms with Crippen molar-refractivity contribution < 1.29 is 14.7 Å². The molecule has 0 spiro atoms. The molecule has 1 saturated carbocycles. The Kier molecular flexibility index (Phi) is 3.36. The third-order valence-electron chi connectivity index (χ3n) is 3.19. The molecule has 98 valence electrons. The lowest BCUT2D eigenvalue weighted by Crippen LogP contribution is -2.29. The van der Waals surface area contributed by atoms with Crippen LogP contribution in [0.3, 0.4) is 0 Å². The Morgan fingerprint density at radius 1 is 1.56 bits per heavy atom. The third kappa shape index (κ3) is 2.52. The summed E-state index contributed by atoms with van der Waals surface area (Å²) in [4.78, 5) is 24.1. The Morgan fingerprint density at radius 2 is 2.22 bits per heavy atom. The van der Waals surface area contributed by atoms with Crippen molar-refractivity contribution in [3.8, 4) is 0 Å². The number of aromatic nitrogens is 2. The molecule has 1 aromatic heterocycles. The van der Waals surface area contributed by atoms with Gasteiger partial charge in [-0.1, -0.05) is 0 Å². The number of nitrogens with zero attached hydrogens (tertiary/aromatic N) is 3. The Morgan fingerprint density at radius 3 is 2.78 bits per heavy atom. The molecule has 2 rings (SSSR count). The number of aliphatic carboxylic acids is 1. The topological polar surface area (TPSA) is 75.4 Å². The molecule has 6 heteroatoms. The Bertz CT molecular complexity index is 477. The van der Waals surface area contributed by atoms with Crippen molar-refractivity contribution >= 4 is 11.9 Å². The number of carbonyl (C=O) groups is 2. The molecule has 0 radical (unpaired) electrons. The predicted octanol–water partition coefficient (Wildman–Crippen LogP) is 0.844.